The molecule has 0 aliphatic rings. The van der Waals surface area contributed by atoms with Gasteiger partial charge in [0, 0.05) is 6.54 Å². The van der Waals surface area contributed by atoms with Gasteiger partial charge in [-0.15, -0.1) is 0 Å². The summed E-state index contributed by atoms with van der Waals surface area (Å²) in [5.41, 5.74) is 0. The van der Waals surface area contributed by atoms with Gasteiger partial charge in [0.1, 0.15) is 0 Å². The van der Waals surface area contributed by atoms with Crippen LogP contribution in [-0.2, 0) is 0 Å². The van der Waals surface area contributed by atoms with E-state index in [1.54, 1.807) is 0 Å². The third-order valence-electron chi connectivity index (χ3n) is 2.32. The van der Waals surface area contributed by atoms with Gasteiger partial charge in [-0.2, -0.15) is 20.4 Å². The van der Waals surface area contributed by atoms with Crippen LogP contribution in [0.15, 0.2) is 0 Å². The summed E-state index contributed by atoms with van der Waals surface area (Å²) in [6.07, 6.45) is 23.2. The number of rotatable bonds is 6. The first-order chi connectivity index (χ1) is 6.84. The minimum Gasteiger partial charge on any atom is -0.250 e. The lowest BCUT2D eigenvalue weighted by Crippen LogP contribution is -2.30. The molecule has 4 heteroatoms. The zero-order valence-corrected chi connectivity index (χ0v) is 15.2. The Balaban J connectivity index is 4.38. The molecule has 0 N–H and O–H groups in total. The van der Waals surface area contributed by atoms with Gasteiger partial charge in [-0.05, 0) is 68.5 Å². The van der Waals surface area contributed by atoms with Crippen LogP contribution in [0.2, 0.25) is 0 Å². The Kier molecular flexibility index (Phi) is 6.13. The topological polar surface area (TPSA) is 3.24 Å². The molecule has 1 nitrogen and oxygen atoms in total. The molecule has 0 aromatic carbocycles. The van der Waals surface area contributed by atoms with E-state index >= 15 is 0 Å². The van der Waals surface area contributed by atoms with Crippen molar-refractivity contribution in [1.82, 2.24) is 3.71 Å². The SMILES string of the molecule is CS(C)(C)CCCN(S(C)(C)C)S(C)(C)C. The lowest BCUT2D eigenvalue weighted by molar-refractivity contribution is 0.692. The summed E-state index contributed by atoms with van der Waals surface area (Å²) in [5.74, 6) is 1.41. The zero-order chi connectivity index (χ0) is 13.2. The molecule has 0 aromatic rings. The van der Waals surface area contributed by atoms with Gasteiger partial charge in [0.15, 0.2) is 0 Å². The summed E-state index contributed by atoms with van der Waals surface area (Å²) in [5, 5.41) is 0. The first-order valence-corrected chi connectivity index (χ1v) is 14.3. The highest BCUT2D eigenvalue weighted by Gasteiger charge is 2.24. The normalized spacial score (nSPS) is 17.6. The molecule has 0 aliphatic heterocycles. The van der Waals surface area contributed by atoms with E-state index in [4.69, 9.17) is 0 Å². The Morgan fingerprint density at radius 2 is 1.06 bits per heavy atom. The predicted octanol–water partition coefficient (Wildman–Crippen LogP) is 3.59. The molecule has 0 saturated carbocycles. The quantitative estimate of drug-likeness (QED) is 0.721. The van der Waals surface area contributed by atoms with Gasteiger partial charge < -0.3 is 0 Å². The highest BCUT2D eigenvalue weighted by atomic mass is 32.3. The maximum absolute atomic E-state index is 2.80. The largest absolute Gasteiger partial charge is 0.250 e. The van der Waals surface area contributed by atoms with E-state index in [2.05, 4.69) is 60.0 Å². The van der Waals surface area contributed by atoms with Crippen LogP contribution in [-0.4, -0.2) is 72.3 Å². The van der Waals surface area contributed by atoms with Crippen molar-refractivity contribution in [3.63, 3.8) is 0 Å². The van der Waals surface area contributed by atoms with E-state index in [0.717, 1.165) is 0 Å². The zero-order valence-electron chi connectivity index (χ0n) is 12.8. The van der Waals surface area contributed by atoms with Crippen molar-refractivity contribution in [2.75, 3.05) is 68.6 Å². The van der Waals surface area contributed by atoms with Gasteiger partial charge in [0.05, 0.1) is 0 Å². The number of hydrogen-bond donors (Lipinski definition) is 0. The van der Waals surface area contributed by atoms with E-state index in [0.29, 0.717) is 0 Å². The van der Waals surface area contributed by atoms with Crippen LogP contribution < -0.4 is 0 Å². The first kappa shape index (κ1) is 17.0. The van der Waals surface area contributed by atoms with Crippen molar-refractivity contribution in [3.8, 4) is 0 Å². The van der Waals surface area contributed by atoms with Crippen LogP contribution in [0.4, 0.5) is 0 Å². The maximum Gasteiger partial charge on any atom is 0.0176 e. The second-order valence-corrected chi connectivity index (χ2v) is 19.5. The predicted molar refractivity (Wildman–Crippen MR) is 92.3 cm³/mol. The molecule has 104 valence electrons. The Hall–Kier alpha value is 1.01. The van der Waals surface area contributed by atoms with Crippen LogP contribution in [0.3, 0.4) is 0 Å². The highest BCUT2D eigenvalue weighted by molar-refractivity contribution is 8.43. The molecule has 0 heterocycles. The van der Waals surface area contributed by atoms with Crippen LogP contribution in [0.1, 0.15) is 6.42 Å². The smallest absolute Gasteiger partial charge is 0.0176 e. The van der Waals surface area contributed by atoms with Crippen LogP contribution in [0, 0.1) is 0 Å². The monoisotopic (exact) mass is 287 g/mol. The molecule has 0 radical (unpaired) electrons. The Bertz CT molecular complexity index is 194. The summed E-state index contributed by atoms with van der Waals surface area (Å²) >= 11 is 0. The summed E-state index contributed by atoms with van der Waals surface area (Å²) in [4.78, 5) is 0. The van der Waals surface area contributed by atoms with Crippen molar-refractivity contribution in [2.24, 2.45) is 0 Å². The lowest BCUT2D eigenvalue weighted by atomic mass is 10.5. The van der Waals surface area contributed by atoms with Gasteiger partial charge in [-0.25, -0.2) is 13.7 Å². The minimum absolute atomic E-state index is 0.319. The van der Waals surface area contributed by atoms with Crippen LogP contribution in [0.25, 0.3) is 0 Å². The summed E-state index contributed by atoms with van der Waals surface area (Å²) in [6.45, 7) is 1.29. The van der Waals surface area contributed by atoms with Gasteiger partial charge in [-0.3, -0.25) is 0 Å². The fraction of sp³-hybridized carbons (Fsp3) is 1.00. The molecule has 0 fully saturated rings. The molecular formula is C12H33NS3. The van der Waals surface area contributed by atoms with E-state index in [-0.39, 0.29) is 10.0 Å². The molecule has 0 rings (SSSR count). The second kappa shape index (κ2) is 5.77. The van der Waals surface area contributed by atoms with Crippen LogP contribution >= 0.6 is 30.5 Å². The molecule has 0 aliphatic carbocycles. The third kappa shape index (κ3) is 7.36. The fourth-order valence-corrected chi connectivity index (χ4v) is 9.56. The van der Waals surface area contributed by atoms with Gasteiger partial charge in [0.25, 0.3) is 0 Å². The van der Waals surface area contributed by atoms with Gasteiger partial charge in [0.2, 0.25) is 0 Å². The van der Waals surface area contributed by atoms with E-state index in [1.165, 1.54) is 18.7 Å². The minimum atomic E-state index is -0.561. The molecule has 0 unspecified atom stereocenters. The van der Waals surface area contributed by atoms with E-state index < -0.39 is 20.4 Å². The second-order valence-electron chi connectivity index (χ2n) is 6.75. The maximum atomic E-state index is 2.80. The molecule has 0 aromatic heterocycles. The molecule has 16 heavy (non-hydrogen) atoms. The van der Waals surface area contributed by atoms with Crippen molar-refractivity contribution >= 4 is 30.5 Å². The molecule has 0 saturated heterocycles. The average molecular weight is 288 g/mol. The highest BCUT2D eigenvalue weighted by Crippen LogP contribution is 2.57. The number of nitrogens with zero attached hydrogens (tertiary/aromatic N) is 1. The van der Waals surface area contributed by atoms with Crippen molar-refractivity contribution in [3.05, 3.63) is 0 Å². The number of hydrogen-bond acceptors (Lipinski definition) is 1. The van der Waals surface area contributed by atoms with E-state index in [9.17, 15) is 0 Å². The van der Waals surface area contributed by atoms with Crippen molar-refractivity contribution < 1.29 is 0 Å². The molecule has 0 atom stereocenters. The van der Waals surface area contributed by atoms with E-state index in [1.807, 2.05) is 0 Å². The Morgan fingerprint density at radius 3 is 1.31 bits per heavy atom. The van der Waals surface area contributed by atoms with Crippen molar-refractivity contribution in [1.29, 1.82) is 0 Å². The third-order valence-corrected chi connectivity index (χ3v) is 9.32. The standard InChI is InChI=1S/C12H33NS3/c1-14(2,3)12-10-11-13(15(4,5)6)16(7,8)9/h10-12H2,1-9H3. The van der Waals surface area contributed by atoms with Gasteiger partial charge >= 0.3 is 0 Å². The van der Waals surface area contributed by atoms with Gasteiger partial charge in [-0.1, -0.05) is 0 Å². The lowest BCUT2D eigenvalue weighted by Gasteiger charge is -2.51. The molecule has 0 amide bonds. The Morgan fingerprint density at radius 1 is 0.688 bits per heavy atom. The van der Waals surface area contributed by atoms with Crippen LogP contribution in [0.5, 0.6) is 0 Å². The molecular weight excluding hydrogens is 254 g/mol. The Labute approximate surface area is 109 Å². The summed E-state index contributed by atoms with van der Waals surface area (Å²) < 4.78 is 2.80. The summed E-state index contributed by atoms with van der Waals surface area (Å²) in [7, 11) is -1.44. The summed E-state index contributed by atoms with van der Waals surface area (Å²) in [6, 6.07) is 0. The fourth-order valence-electron chi connectivity index (χ4n) is 1.85. The molecule has 0 bridgehead atoms. The van der Waals surface area contributed by atoms with Crippen molar-refractivity contribution in [2.45, 2.75) is 6.42 Å². The molecule has 0 spiro atoms. The first-order valence-electron chi connectivity index (χ1n) is 5.64. The average Bonchev–Trinajstić information content (AvgIpc) is 1.90.